The van der Waals surface area contributed by atoms with Crippen LogP contribution in [0, 0.1) is 0 Å². The second-order valence-electron chi connectivity index (χ2n) is 3.74. The number of aromatic nitrogens is 1. The van der Waals surface area contributed by atoms with E-state index in [0.717, 1.165) is 5.69 Å². The molecule has 0 radical (unpaired) electrons. The summed E-state index contributed by atoms with van der Waals surface area (Å²) in [6.45, 7) is 0. The largest absolute Gasteiger partial charge is 0.388 e. The van der Waals surface area contributed by atoms with Crippen LogP contribution in [0.15, 0.2) is 42.7 Å². The van der Waals surface area contributed by atoms with Gasteiger partial charge in [-0.1, -0.05) is 12.1 Å². The molecule has 3 nitrogen and oxygen atoms in total. The van der Waals surface area contributed by atoms with Gasteiger partial charge in [0.2, 0.25) is 0 Å². The lowest BCUT2D eigenvalue weighted by Gasteiger charge is -2.16. The smallest absolute Gasteiger partial charge is 0.0589 e. The Morgan fingerprint density at radius 1 is 1.12 bits per heavy atom. The average Bonchev–Trinajstić information content (AvgIpc) is 2.84. The standard InChI is InChI=1S/C13H17N3/c1-14-12-5-3-4-10(8-12)13(15-2)11-6-7-16-9-11/h3-9,13-16H,1-2H3. The minimum absolute atomic E-state index is 0.236. The zero-order valence-corrected chi connectivity index (χ0v) is 9.62. The van der Waals surface area contributed by atoms with E-state index >= 15 is 0 Å². The summed E-state index contributed by atoms with van der Waals surface area (Å²) in [7, 11) is 3.91. The van der Waals surface area contributed by atoms with Crippen molar-refractivity contribution in [3.8, 4) is 0 Å². The van der Waals surface area contributed by atoms with Gasteiger partial charge in [-0.2, -0.15) is 0 Å². The third-order valence-corrected chi connectivity index (χ3v) is 2.75. The molecule has 3 N–H and O–H groups in total. The molecule has 0 spiro atoms. The summed E-state index contributed by atoms with van der Waals surface area (Å²) in [5.41, 5.74) is 3.64. The fourth-order valence-electron chi connectivity index (χ4n) is 1.92. The van der Waals surface area contributed by atoms with Gasteiger partial charge in [-0.3, -0.25) is 0 Å². The number of aromatic amines is 1. The zero-order valence-electron chi connectivity index (χ0n) is 9.62. The molecule has 0 fully saturated rings. The van der Waals surface area contributed by atoms with Gasteiger partial charge in [0.05, 0.1) is 6.04 Å². The summed E-state index contributed by atoms with van der Waals surface area (Å²) in [4.78, 5) is 3.09. The first-order chi connectivity index (χ1) is 7.85. The Balaban J connectivity index is 2.33. The number of benzene rings is 1. The molecule has 0 amide bonds. The van der Waals surface area contributed by atoms with Crippen molar-refractivity contribution in [2.45, 2.75) is 6.04 Å². The molecule has 0 aliphatic rings. The molecule has 84 valence electrons. The summed E-state index contributed by atoms with van der Waals surface area (Å²) in [5, 5.41) is 6.48. The number of nitrogens with one attached hydrogen (secondary N) is 3. The number of anilines is 1. The van der Waals surface area contributed by atoms with E-state index in [9.17, 15) is 0 Å². The van der Waals surface area contributed by atoms with Crippen LogP contribution in [-0.4, -0.2) is 19.1 Å². The molecule has 1 unspecified atom stereocenters. The monoisotopic (exact) mass is 215 g/mol. The molecule has 1 heterocycles. The van der Waals surface area contributed by atoms with Gasteiger partial charge in [0.25, 0.3) is 0 Å². The maximum atomic E-state index is 3.32. The molecule has 0 aliphatic carbocycles. The molecular formula is C13H17N3. The van der Waals surface area contributed by atoms with Gasteiger partial charge < -0.3 is 15.6 Å². The Kier molecular flexibility index (Phi) is 3.27. The van der Waals surface area contributed by atoms with Gasteiger partial charge in [-0.25, -0.2) is 0 Å². The summed E-state index contributed by atoms with van der Waals surface area (Å²) in [5.74, 6) is 0. The minimum atomic E-state index is 0.236. The van der Waals surface area contributed by atoms with Gasteiger partial charge in [0.15, 0.2) is 0 Å². The van der Waals surface area contributed by atoms with Gasteiger partial charge in [-0.05, 0) is 36.4 Å². The highest BCUT2D eigenvalue weighted by Gasteiger charge is 2.11. The van der Waals surface area contributed by atoms with Crippen LogP contribution in [0.2, 0.25) is 0 Å². The highest BCUT2D eigenvalue weighted by molar-refractivity contribution is 5.47. The molecule has 1 atom stereocenters. The van der Waals surface area contributed by atoms with Crippen LogP contribution in [0.4, 0.5) is 5.69 Å². The number of H-pyrrole nitrogens is 1. The first kappa shape index (κ1) is 10.8. The van der Waals surface area contributed by atoms with Crippen LogP contribution < -0.4 is 10.6 Å². The lowest BCUT2D eigenvalue weighted by atomic mass is 10.0. The fourth-order valence-corrected chi connectivity index (χ4v) is 1.92. The van der Waals surface area contributed by atoms with Gasteiger partial charge in [-0.15, -0.1) is 0 Å². The molecule has 0 saturated carbocycles. The number of hydrogen-bond acceptors (Lipinski definition) is 2. The van der Waals surface area contributed by atoms with Crippen molar-refractivity contribution < 1.29 is 0 Å². The SMILES string of the molecule is CNc1cccc(C(NC)c2cc[nH]c2)c1. The summed E-state index contributed by atoms with van der Waals surface area (Å²) >= 11 is 0. The van der Waals surface area contributed by atoms with E-state index in [1.54, 1.807) is 0 Å². The Morgan fingerprint density at radius 2 is 2.00 bits per heavy atom. The lowest BCUT2D eigenvalue weighted by Crippen LogP contribution is -2.17. The summed E-state index contributed by atoms with van der Waals surface area (Å²) in [6.07, 6.45) is 3.97. The Bertz CT molecular complexity index is 434. The van der Waals surface area contributed by atoms with E-state index in [1.165, 1.54) is 11.1 Å². The quantitative estimate of drug-likeness (QED) is 0.732. The van der Waals surface area contributed by atoms with E-state index in [0.29, 0.717) is 0 Å². The summed E-state index contributed by atoms with van der Waals surface area (Å²) in [6, 6.07) is 10.8. The van der Waals surface area contributed by atoms with E-state index in [4.69, 9.17) is 0 Å². The normalized spacial score (nSPS) is 12.4. The van der Waals surface area contributed by atoms with Gasteiger partial charge in [0, 0.05) is 25.1 Å². The molecule has 3 heteroatoms. The predicted octanol–water partition coefficient (Wildman–Crippen LogP) is 2.37. The highest BCUT2D eigenvalue weighted by Crippen LogP contribution is 2.23. The second-order valence-corrected chi connectivity index (χ2v) is 3.74. The molecule has 0 aliphatic heterocycles. The number of rotatable bonds is 4. The lowest BCUT2D eigenvalue weighted by molar-refractivity contribution is 0.693. The van der Waals surface area contributed by atoms with Crippen LogP contribution in [-0.2, 0) is 0 Å². The second kappa shape index (κ2) is 4.86. The van der Waals surface area contributed by atoms with E-state index < -0.39 is 0 Å². The fraction of sp³-hybridized carbons (Fsp3) is 0.231. The van der Waals surface area contributed by atoms with Crippen LogP contribution in [0.5, 0.6) is 0 Å². The number of hydrogen-bond donors (Lipinski definition) is 3. The third kappa shape index (κ3) is 2.09. The first-order valence-corrected chi connectivity index (χ1v) is 5.43. The van der Waals surface area contributed by atoms with Gasteiger partial charge >= 0.3 is 0 Å². The molecule has 0 bridgehead atoms. The van der Waals surface area contributed by atoms with E-state index in [2.05, 4.69) is 45.9 Å². The molecule has 1 aromatic carbocycles. The predicted molar refractivity (Wildman–Crippen MR) is 67.7 cm³/mol. The maximum Gasteiger partial charge on any atom is 0.0589 e. The van der Waals surface area contributed by atoms with Crippen molar-refractivity contribution in [1.82, 2.24) is 10.3 Å². The first-order valence-electron chi connectivity index (χ1n) is 5.43. The topological polar surface area (TPSA) is 39.8 Å². The molecule has 0 saturated heterocycles. The Morgan fingerprint density at radius 3 is 2.62 bits per heavy atom. The van der Waals surface area contributed by atoms with Crippen molar-refractivity contribution in [2.24, 2.45) is 0 Å². The summed E-state index contributed by atoms with van der Waals surface area (Å²) < 4.78 is 0. The molecule has 2 aromatic rings. The van der Waals surface area contributed by atoms with Crippen molar-refractivity contribution in [1.29, 1.82) is 0 Å². The average molecular weight is 215 g/mol. The van der Waals surface area contributed by atoms with Crippen molar-refractivity contribution in [3.63, 3.8) is 0 Å². The molecular weight excluding hydrogens is 198 g/mol. The van der Waals surface area contributed by atoms with Crippen LogP contribution in [0.25, 0.3) is 0 Å². The van der Waals surface area contributed by atoms with Crippen molar-refractivity contribution in [3.05, 3.63) is 53.9 Å². The van der Waals surface area contributed by atoms with Crippen LogP contribution in [0.1, 0.15) is 17.2 Å². The molecule has 2 rings (SSSR count). The molecule has 1 aromatic heterocycles. The van der Waals surface area contributed by atoms with Crippen molar-refractivity contribution >= 4 is 5.69 Å². The van der Waals surface area contributed by atoms with E-state index in [-0.39, 0.29) is 6.04 Å². The third-order valence-electron chi connectivity index (χ3n) is 2.75. The van der Waals surface area contributed by atoms with E-state index in [1.807, 2.05) is 26.5 Å². The Labute approximate surface area is 95.9 Å². The van der Waals surface area contributed by atoms with Crippen molar-refractivity contribution in [2.75, 3.05) is 19.4 Å². The van der Waals surface area contributed by atoms with Crippen LogP contribution >= 0.6 is 0 Å². The van der Waals surface area contributed by atoms with Crippen LogP contribution in [0.3, 0.4) is 0 Å². The zero-order chi connectivity index (χ0) is 11.4. The Hall–Kier alpha value is -1.74. The maximum absolute atomic E-state index is 3.32. The highest BCUT2D eigenvalue weighted by atomic mass is 14.9. The molecule has 16 heavy (non-hydrogen) atoms. The minimum Gasteiger partial charge on any atom is -0.388 e. The van der Waals surface area contributed by atoms with Gasteiger partial charge in [0.1, 0.15) is 0 Å².